The van der Waals surface area contributed by atoms with E-state index in [1.54, 1.807) is 0 Å². The van der Waals surface area contributed by atoms with Gasteiger partial charge in [-0.15, -0.1) is 0 Å². The summed E-state index contributed by atoms with van der Waals surface area (Å²) < 4.78 is 4.92. The second-order valence-electron chi connectivity index (χ2n) is 4.02. The summed E-state index contributed by atoms with van der Waals surface area (Å²) in [5, 5.41) is 12.1. The fraction of sp³-hybridized carbons (Fsp3) is 0.600. The average molecular weight is 227 g/mol. The van der Waals surface area contributed by atoms with Crippen LogP contribution >= 0.6 is 0 Å². The fourth-order valence-corrected chi connectivity index (χ4v) is 1.20. The Hall–Kier alpha value is -1.40. The molecule has 1 heterocycles. The molecule has 90 valence electrons. The van der Waals surface area contributed by atoms with Crippen LogP contribution in [0.5, 0.6) is 0 Å². The van der Waals surface area contributed by atoms with Crippen molar-refractivity contribution in [2.24, 2.45) is 0 Å². The van der Waals surface area contributed by atoms with Crippen LogP contribution in [0.4, 0.5) is 0 Å². The zero-order chi connectivity index (χ0) is 12.1. The Bertz CT molecular complexity index is 349. The summed E-state index contributed by atoms with van der Waals surface area (Å²) in [5.41, 5.74) is -0.0454. The normalized spacial score (nSPS) is 11.3. The number of aromatic nitrogens is 1. The molecule has 1 aromatic rings. The highest BCUT2D eigenvalue weighted by Crippen LogP contribution is 2.06. The molecule has 1 rings (SSSR count). The predicted octanol–water partition coefficient (Wildman–Crippen LogP) is 0.366. The summed E-state index contributed by atoms with van der Waals surface area (Å²) in [6, 6.07) is 1.45. The molecule has 0 aromatic carbocycles. The zero-order valence-corrected chi connectivity index (χ0v) is 9.80. The van der Waals surface area contributed by atoms with Gasteiger partial charge in [-0.25, -0.2) is 4.79 Å². The van der Waals surface area contributed by atoms with Crippen molar-refractivity contribution in [3.8, 4) is 0 Å². The van der Waals surface area contributed by atoms with Gasteiger partial charge < -0.3 is 14.5 Å². The molecule has 0 radical (unpaired) electrons. The van der Waals surface area contributed by atoms with Crippen LogP contribution in [0, 0.1) is 0 Å². The van der Waals surface area contributed by atoms with Crippen molar-refractivity contribution < 1.29 is 14.4 Å². The third-order valence-corrected chi connectivity index (χ3v) is 2.13. The number of aromatic carboxylic acids is 1. The lowest BCUT2D eigenvalue weighted by atomic mass is 10.3. The zero-order valence-electron chi connectivity index (χ0n) is 9.80. The third-order valence-electron chi connectivity index (χ3n) is 2.13. The van der Waals surface area contributed by atoms with E-state index in [4.69, 9.17) is 9.63 Å². The number of carbonyl (C=O) groups is 1. The highest BCUT2D eigenvalue weighted by atomic mass is 16.5. The van der Waals surface area contributed by atoms with Crippen LogP contribution < -0.4 is 0 Å². The van der Waals surface area contributed by atoms with Crippen molar-refractivity contribution in [3.63, 3.8) is 0 Å². The van der Waals surface area contributed by atoms with Crippen LogP contribution in [0.3, 0.4) is 0 Å². The first-order valence-corrected chi connectivity index (χ1v) is 5.01. The molecule has 0 aliphatic carbocycles. The Morgan fingerprint density at radius 2 is 2.12 bits per heavy atom. The highest BCUT2D eigenvalue weighted by Gasteiger charge is 2.11. The molecule has 0 amide bonds. The van der Waals surface area contributed by atoms with Crippen molar-refractivity contribution in [1.29, 1.82) is 0 Å². The fourth-order valence-electron chi connectivity index (χ4n) is 1.20. The molecule has 0 aliphatic rings. The predicted molar refractivity (Wildman–Crippen MR) is 58.4 cm³/mol. The molecule has 0 unspecified atom stereocenters. The van der Waals surface area contributed by atoms with Crippen LogP contribution in [-0.4, -0.2) is 60.3 Å². The van der Waals surface area contributed by atoms with Crippen molar-refractivity contribution in [1.82, 2.24) is 15.0 Å². The molecule has 0 saturated carbocycles. The van der Waals surface area contributed by atoms with E-state index >= 15 is 0 Å². The van der Waals surface area contributed by atoms with E-state index < -0.39 is 5.97 Å². The Balaban J connectivity index is 2.43. The number of nitrogens with zero attached hydrogens (tertiary/aromatic N) is 3. The van der Waals surface area contributed by atoms with E-state index in [1.807, 2.05) is 26.0 Å². The molecule has 0 saturated heterocycles. The third kappa shape index (κ3) is 4.00. The minimum absolute atomic E-state index is 0.0454. The quantitative estimate of drug-likeness (QED) is 0.757. The van der Waals surface area contributed by atoms with E-state index in [2.05, 4.69) is 10.1 Å². The Morgan fingerprint density at radius 1 is 1.44 bits per heavy atom. The molecule has 0 bridgehead atoms. The Kier molecular flexibility index (Phi) is 4.45. The largest absolute Gasteiger partial charge is 0.476 e. The van der Waals surface area contributed by atoms with Crippen LogP contribution in [-0.2, 0) is 6.54 Å². The average Bonchev–Trinajstić information content (AvgIpc) is 2.63. The molecule has 16 heavy (non-hydrogen) atoms. The van der Waals surface area contributed by atoms with Gasteiger partial charge >= 0.3 is 5.97 Å². The minimum Gasteiger partial charge on any atom is -0.476 e. The summed E-state index contributed by atoms with van der Waals surface area (Å²) in [6.07, 6.45) is 0. The van der Waals surface area contributed by atoms with Crippen LogP contribution in [0.15, 0.2) is 10.6 Å². The van der Waals surface area contributed by atoms with Gasteiger partial charge in [0.1, 0.15) is 0 Å². The maximum atomic E-state index is 10.6. The Morgan fingerprint density at radius 3 is 2.62 bits per heavy atom. The lowest BCUT2D eigenvalue weighted by Crippen LogP contribution is -2.28. The minimum atomic E-state index is -1.06. The van der Waals surface area contributed by atoms with Gasteiger partial charge in [0, 0.05) is 19.2 Å². The summed E-state index contributed by atoms with van der Waals surface area (Å²) in [7, 11) is 5.96. The number of rotatable bonds is 6. The standard InChI is InChI=1S/C10H17N3O3/c1-12(2)4-5-13(3)7-8-6-9(10(14)15)11-16-8/h6H,4-5,7H2,1-3H3,(H,14,15). The maximum absolute atomic E-state index is 10.6. The van der Waals surface area contributed by atoms with Crippen LogP contribution in [0.2, 0.25) is 0 Å². The number of carboxylic acids is 1. The number of hydrogen-bond acceptors (Lipinski definition) is 5. The first-order chi connectivity index (χ1) is 7.49. The SMILES string of the molecule is CN(C)CCN(C)Cc1cc(C(=O)O)no1. The lowest BCUT2D eigenvalue weighted by Gasteiger charge is -2.17. The molecular weight excluding hydrogens is 210 g/mol. The second-order valence-corrected chi connectivity index (χ2v) is 4.02. The maximum Gasteiger partial charge on any atom is 0.358 e. The highest BCUT2D eigenvalue weighted by molar-refractivity contribution is 5.85. The number of likely N-dealkylation sites (N-methyl/N-ethyl adjacent to an activating group) is 2. The van der Waals surface area contributed by atoms with Gasteiger partial charge in [-0.2, -0.15) is 0 Å². The molecule has 0 atom stereocenters. The lowest BCUT2D eigenvalue weighted by molar-refractivity contribution is 0.0685. The molecule has 6 heteroatoms. The van der Waals surface area contributed by atoms with Crippen molar-refractivity contribution in [3.05, 3.63) is 17.5 Å². The number of carboxylic acid groups (broad SMARTS) is 1. The van der Waals surface area contributed by atoms with Crippen molar-refractivity contribution in [2.45, 2.75) is 6.54 Å². The summed E-state index contributed by atoms with van der Waals surface area (Å²) in [5.74, 6) is -0.496. The van der Waals surface area contributed by atoms with Gasteiger partial charge in [0.2, 0.25) is 0 Å². The van der Waals surface area contributed by atoms with Crippen molar-refractivity contribution >= 4 is 5.97 Å². The van der Waals surface area contributed by atoms with E-state index in [-0.39, 0.29) is 5.69 Å². The van der Waals surface area contributed by atoms with E-state index in [9.17, 15) is 4.79 Å². The van der Waals surface area contributed by atoms with Crippen LogP contribution in [0.1, 0.15) is 16.2 Å². The first-order valence-electron chi connectivity index (χ1n) is 5.01. The van der Waals surface area contributed by atoms with E-state index in [0.29, 0.717) is 12.3 Å². The monoisotopic (exact) mass is 227 g/mol. The van der Waals surface area contributed by atoms with Gasteiger partial charge in [-0.3, -0.25) is 4.90 Å². The van der Waals surface area contributed by atoms with Gasteiger partial charge in [-0.05, 0) is 21.1 Å². The van der Waals surface area contributed by atoms with E-state index in [1.165, 1.54) is 6.07 Å². The van der Waals surface area contributed by atoms with Gasteiger partial charge in [-0.1, -0.05) is 5.16 Å². The van der Waals surface area contributed by atoms with Gasteiger partial charge in [0.15, 0.2) is 11.5 Å². The summed E-state index contributed by atoms with van der Waals surface area (Å²) in [6.45, 7) is 2.39. The van der Waals surface area contributed by atoms with Crippen molar-refractivity contribution in [2.75, 3.05) is 34.2 Å². The summed E-state index contributed by atoms with van der Waals surface area (Å²) >= 11 is 0. The summed E-state index contributed by atoms with van der Waals surface area (Å²) in [4.78, 5) is 14.7. The smallest absolute Gasteiger partial charge is 0.358 e. The Labute approximate surface area is 94.4 Å². The molecule has 0 fully saturated rings. The molecule has 0 spiro atoms. The molecule has 1 N–H and O–H groups in total. The molecule has 6 nitrogen and oxygen atoms in total. The van der Waals surface area contributed by atoms with Crippen LogP contribution in [0.25, 0.3) is 0 Å². The second kappa shape index (κ2) is 5.62. The first kappa shape index (κ1) is 12.7. The van der Waals surface area contributed by atoms with Gasteiger partial charge in [0.25, 0.3) is 0 Å². The van der Waals surface area contributed by atoms with E-state index in [0.717, 1.165) is 13.1 Å². The number of hydrogen-bond donors (Lipinski definition) is 1. The van der Waals surface area contributed by atoms with Gasteiger partial charge in [0.05, 0.1) is 6.54 Å². The molecule has 1 aromatic heterocycles. The molecule has 0 aliphatic heterocycles. The topological polar surface area (TPSA) is 69.8 Å². The molecular formula is C10H17N3O3.